The van der Waals surface area contributed by atoms with Crippen LogP contribution in [0.3, 0.4) is 0 Å². The maximum atomic E-state index is 5.55. The van der Waals surface area contributed by atoms with Crippen LogP contribution in [-0.2, 0) is 0 Å². The topological polar surface area (TPSA) is 24.5 Å². The van der Waals surface area contributed by atoms with Crippen LogP contribution in [0.1, 0.15) is 43.4 Å². The second kappa shape index (κ2) is 6.40. The third-order valence-electron chi connectivity index (χ3n) is 3.90. The Morgan fingerprint density at radius 3 is 2.84 bits per heavy atom. The molecule has 1 aromatic rings. The molecule has 0 aromatic heterocycles. The van der Waals surface area contributed by atoms with Crippen LogP contribution in [0.15, 0.2) is 18.2 Å². The minimum Gasteiger partial charge on any atom is -0.496 e. The minimum absolute atomic E-state index is 0.362. The van der Waals surface area contributed by atoms with Crippen molar-refractivity contribution < 1.29 is 4.74 Å². The number of rotatable bonds is 3. The van der Waals surface area contributed by atoms with Crippen molar-refractivity contribution in [1.29, 1.82) is 0 Å². The molecule has 1 atom stereocenters. The fourth-order valence-electron chi connectivity index (χ4n) is 2.69. The van der Waals surface area contributed by atoms with Gasteiger partial charge in [0.1, 0.15) is 5.75 Å². The summed E-state index contributed by atoms with van der Waals surface area (Å²) in [6.07, 6.45) is 1.21. The van der Waals surface area contributed by atoms with Gasteiger partial charge in [0.15, 0.2) is 0 Å². The zero-order valence-corrected chi connectivity index (χ0v) is 12.6. The average molecular weight is 262 g/mol. The zero-order valence-electron chi connectivity index (χ0n) is 12.6. The molecule has 2 rings (SSSR count). The smallest absolute Gasteiger partial charge is 0.123 e. The molecule has 1 N–H and O–H groups in total. The number of ether oxygens (including phenoxy) is 1. The molecule has 0 amide bonds. The monoisotopic (exact) mass is 262 g/mol. The van der Waals surface area contributed by atoms with Gasteiger partial charge in [-0.1, -0.05) is 26.0 Å². The molecule has 1 fully saturated rings. The number of hydrogen-bond donors (Lipinski definition) is 1. The van der Waals surface area contributed by atoms with Crippen molar-refractivity contribution in [3.05, 3.63) is 29.3 Å². The lowest BCUT2D eigenvalue weighted by atomic mass is 9.96. The van der Waals surface area contributed by atoms with Gasteiger partial charge in [0.25, 0.3) is 0 Å². The first-order chi connectivity index (χ1) is 9.11. The van der Waals surface area contributed by atoms with Crippen molar-refractivity contribution in [3.63, 3.8) is 0 Å². The van der Waals surface area contributed by atoms with Crippen molar-refractivity contribution >= 4 is 0 Å². The van der Waals surface area contributed by atoms with E-state index in [1.54, 1.807) is 7.11 Å². The van der Waals surface area contributed by atoms with Crippen LogP contribution in [0.25, 0.3) is 0 Å². The molecule has 0 spiro atoms. The van der Waals surface area contributed by atoms with E-state index in [-0.39, 0.29) is 0 Å². The maximum Gasteiger partial charge on any atom is 0.123 e. The molecule has 0 bridgehead atoms. The first-order valence-electron chi connectivity index (χ1n) is 7.21. The Kier molecular flexibility index (Phi) is 4.83. The van der Waals surface area contributed by atoms with E-state index >= 15 is 0 Å². The quantitative estimate of drug-likeness (QED) is 0.906. The summed E-state index contributed by atoms with van der Waals surface area (Å²) >= 11 is 0. The first-order valence-corrected chi connectivity index (χ1v) is 7.21. The van der Waals surface area contributed by atoms with E-state index in [9.17, 15) is 0 Å². The lowest BCUT2D eigenvalue weighted by Gasteiger charge is -2.23. The van der Waals surface area contributed by atoms with Gasteiger partial charge in [-0.05, 0) is 44.1 Å². The number of hydrogen-bond acceptors (Lipinski definition) is 3. The van der Waals surface area contributed by atoms with Gasteiger partial charge in [0.2, 0.25) is 0 Å². The lowest BCUT2D eigenvalue weighted by Crippen LogP contribution is -2.29. The van der Waals surface area contributed by atoms with Crippen molar-refractivity contribution in [2.45, 2.75) is 32.2 Å². The van der Waals surface area contributed by atoms with E-state index in [4.69, 9.17) is 4.74 Å². The Morgan fingerprint density at radius 1 is 1.37 bits per heavy atom. The van der Waals surface area contributed by atoms with E-state index in [1.165, 1.54) is 17.5 Å². The van der Waals surface area contributed by atoms with Crippen LogP contribution in [0.5, 0.6) is 5.75 Å². The van der Waals surface area contributed by atoms with Crippen molar-refractivity contribution in [2.24, 2.45) is 0 Å². The van der Waals surface area contributed by atoms with E-state index in [2.05, 4.69) is 49.3 Å². The summed E-state index contributed by atoms with van der Waals surface area (Å²) in [5, 5.41) is 3.65. The van der Waals surface area contributed by atoms with Crippen molar-refractivity contribution in [2.75, 3.05) is 33.8 Å². The number of benzene rings is 1. The van der Waals surface area contributed by atoms with Crippen LogP contribution in [0.2, 0.25) is 0 Å². The number of nitrogens with zero attached hydrogens (tertiary/aromatic N) is 1. The van der Waals surface area contributed by atoms with Crippen LogP contribution in [0, 0.1) is 0 Å². The normalized spacial score (nSPS) is 21.4. The van der Waals surface area contributed by atoms with Crippen molar-refractivity contribution in [1.82, 2.24) is 10.2 Å². The highest BCUT2D eigenvalue weighted by molar-refractivity contribution is 5.40. The third kappa shape index (κ3) is 3.48. The Labute approximate surface area is 116 Å². The highest BCUT2D eigenvalue weighted by atomic mass is 16.5. The van der Waals surface area contributed by atoms with E-state index < -0.39 is 0 Å². The summed E-state index contributed by atoms with van der Waals surface area (Å²) in [5.74, 6) is 1.55. The molecule has 1 unspecified atom stereocenters. The maximum absolute atomic E-state index is 5.55. The zero-order chi connectivity index (χ0) is 13.8. The first kappa shape index (κ1) is 14.4. The molecular formula is C16H26N2O. The van der Waals surface area contributed by atoms with Gasteiger partial charge in [-0.15, -0.1) is 0 Å². The Bertz CT molecular complexity index is 417. The largest absolute Gasteiger partial charge is 0.496 e. The standard InChI is InChI=1S/C16H26N2O/c1-12(2)13-6-7-16(19-4)14(10-13)15-11-18(3)9-5-8-17-15/h6-7,10,12,15,17H,5,8-9,11H2,1-4H3. The van der Waals surface area contributed by atoms with Gasteiger partial charge in [-0.25, -0.2) is 0 Å². The van der Waals surface area contributed by atoms with Crippen LogP contribution < -0.4 is 10.1 Å². The molecule has 106 valence electrons. The number of likely N-dealkylation sites (N-methyl/N-ethyl adjacent to an activating group) is 1. The Morgan fingerprint density at radius 2 is 2.16 bits per heavy atom. The molecule has 19 heavy (non-hydrogen) atoms. The highest BCUT2D eigenvalue weighted by Gasteiger charge is 2.20. The highest BCUT2D eigenvalue weighted by Crippen LogP contribution is 2.30. The summed E-state index contributed by atoms with van der Waals surface area (Å²) < 4.78 is 5.55. The predicted molar refractivity (Wildman–Crippen MR) is 79.9 cm³/mol. The van der Waals surface area contributed by atoms with E-state index in [0.29, 0.717) is 12.0 Å². The summed E-state index contributed by atoms with van der Waals surface area (Å²) in [7, 11) is 3.95. The molecule has 1 aromatic carbocycles. The number of nitrogens with one attached hydrogen (secondary N) is 1. The minimum atomic E-state index is 0.362. The second-order valence-electron chi connectivity index (χ2n) is 5.78. The molecule has 0 saturated carbocycles. The van der Waals surface area contributed by atoms with Crippen LogP contribution in [-0.4, -0.2) is 38.7 Å². The predicted octanol–water partition coefficient (Wildman–Crippen LogP) is 2.78. The Balaban J connectivity index is 2.31. The fraction of sp³-hybridized carbons (Fsp3) is 0.625. The molecular weight excluding hydrogens is 236 g/mol. The summed E-state index contributed by atoms with van der Waals surface area (Å²) in [5.41, 5.74) is 2.67. The second-order valence-corrected chi connectivity index (χ2v) is 5.78. The van der Waals surface area contributed by atoms with Gasteiger partial charge >= 0.3 is 0 Å². The fourth-order valence-corrected chi connectivity index (χ4v) is 2.69. The average Bonchev–Trinajstić information content (AvgIpc) is 2.62. The summed E-state index contributed by atoms with van der Waals surface area (Å²) in [6.45, 7) is 7.74. The SMILES string of the molecule is COc1ccc(C(C)C)cc1C1CN(C)CCCN1. The molecule has 1 aliphatic heterocycles. The van der Waals surface area contributed by atoms with Gasteiger partial charge in [-0.2, -0.15) is 0 Å². The third-order valence-corrected chi connectivity index (χ3v) is 3.90. The molecule has 3 nitrogen and oxygen atoms in total. The lowest BCUT2D eigenvalue weighted by molar-refractivity contribution is 0.320. The Hall–Kier alpha value is -1.06. The molecule has 1 saturated heterocycles. The van der Waals surface area contributed by atoms with Crippen LogP contribution >= 0.6 is 0 Å². The summed E-state index contributed by atoms with van der Waals surface area (Å²) in [6, 6.07) is 6.95. The molecule has 0 radical (unpaired) electrons. The molecule has 0 aliphatic carbocycles. The van der Waals surface area contributed by atoms with Crippen molar-refractivity contribution in [3.8, 4) is 5.75 Å². The van der Waals surface area contributed by atoms with Gasteiger partial charge < -0.3 is 15.0 Å². The van der Waals surface area contributed by atoms with Crippen LogP contribution in [0.4, 0.5) is 0 Å². The van der Waals surface area contributed by atoms with Gasteiger partial charge in [0.05, 0.1) is 7.11 Å². The summed E-state index contributed by atoms with van der Waals surface area (Å²) in [4.78, 5) is 2.39. The number of methoxy groups -OCH3 is 1. The molecule has 3 heteroatoms. The van der Waals surface area contributed by atoms with E-state index in [1.807, 2.05) is 0 Å². The van der Waals surface area contributed by atoms with Gasteiger partial charge in [0, 0.05) is 18.2 Å². The molecule has 1 heterocycles. The van der Waals surface area contributed by atoms with Gasteiger partial charge in [-0.3, -0.25) is 0 Å². The van der Waals surface area contributed by atoms with E-state index in [0.717, 1.165) is 25.4 Å². The molecule has 1 aliphatic rings.